The highest BCUT2D eigenvalue weighted by molar-refractivity contribution is 6.30. The highest BCUT2D eigenvalue weighted by Crippen LogP contribution is 2.31. The third-order valence-electron chi connectivity index (χ3n) is 6.95. The molecule has 1 atom stereocenters. The summed E-state index contributed by atoms with van der Waals surface area (Å²) in [7, 11) is 1.40. The zero-order chi connectivity index (χ0) is 25.2. The molecule has 1 saturated heterocycles. The fourth-order valence-corrected chi connectivity index (χ4v) is 4.91. The van der Waals surface area contributed by atoms with Crippen LogP contribution in [-0.4, -0.2) is 64.8 Å². The van der Waals surface area contributed by atoms with Gasteiger partial charge in [-0.1, -0.05) is 36.7 Å². The van der Waals surface area contributed by atoms with Crippen molar-refractivity contribution >= 4 is 40.5 Å². The summed E-state index contributed by atoms with van der Waals surface area (Å²) in [4.78, 5) is 33.0. The molecular formula is C26H29ClN6O3. The lowest BCUT2D eigenvalue weighted by Gasteiger charge is -2.39. The summed E-state index contributed by atoms with van der Waals surface area (Å²) in [5.41, 5.74) is 4.18. The van der Waals surface area contributed by atoms with Gasteiger partial charge in [0.1, 0.15) is 11.8 Å². The van der Waals surface area contributed by atoms with Crippen LogP contribution in [0.1, 0.15) is 36.9 Å². The number of anilines is 1. The molecule has 0 unspecified atom stereocenters. The van der Waals surface area contributed by atoms with Gasteiger partial charge >= 0.3 is 6.09 Å². The average molecular weight is 509 g/mol. The number of aromatic nitrogens is 3. The first-order valence-corrected chi connectivity index (χ1v) is 12.5. The summed E-state index contributed by atoms with van der Waals surface area (Å²) >= 11 is 6.00. The Hall–Kier alpha value is -3.59. The van der Waals surface area contributed by atoms with E-state index in [4.69, 9.17) is 16.3 Å². The minimum Gasteiger partial charge on any atom is -0.453 e. The zero-order valence-corrected chi connectivity index (χ0v) is 21.1. The molecule has 188 valence electrons. The van der Waals surface area contributed by atoms with Crippen molar-refractivity contribution in [2.75, 3.05) is 38.2 Å². The predicted octanol–water partition coefficient (Wildman–Crippen LogP) is 3.94. The van der Waals surface area contributed by atoms with Gasteiger partial charge in [-0.05, 0) is 47.7 Å². The largest absolute Gasteiger partial charge is 0.453 e. The van der Waals surface area contributed by atoms with Crippen molar-refractivity contribution in [3.63, 3.8) is 0 Å². The van der Waals surface area contributed by atoms with Crippen LogP contribution in [0.5, 0.6) is 0 Å². The van der Waals surface area contributed by atoms with E-state index in [9.17, 15) is 9.59 Å². The third kappa shape index (κ3) is 4.75. The predicted molar refractivity (Wildman–Crippen MR) is 138 cm³/mol. The second-order valence-electron chi connectivity index (χ2n) is 9.16. The van der Waals surface area contributed by atoms with E-state index < -0.39 is 0 Å². The standard InChI is InChI=1S/C26H29ClN6O3/c1-3-22(18-4-6-21(27)7-5-18)30-25(34)20-13-32(14-20)24-23-12-19(15-33(23)29-16-28-24)17-8-10-31(11-9-17)26(35)36-2/h4-8,12,15-16,20,22H,3,9-11,13-14H2,1-2H3,(H,30,34)/t22-/m0/s1. The Labute approximate surface area is 214 Å². The monoisotopic (exact) mass is 508 g/mol. The first-order chi connectivity index (χ1) is 17.5. The Kier molecular flexibility index (Phi) is 6.82. The number of carbonyl (C=O) groups is 2. The number of nitrogens with one attached hydrogen (secondary N) is 1. The van der Waals surface area contributed by atoms with Gasteiger partial charge in [-0.3, -0.25) is 4.79 Å². The van der Waals surface area contributed by atoms with Gasteiger partial charge in [0.15, 0.2) is 5.82 Å². The number of hydrogen-bond donors (Lipinski definition) is 1. The lowest BCUT2D eigenvalue weighted by atomic mass is 9.97. The van der Waals surface area contributed by atoms with Gasteiger partial charge < -0.3 is 19.9 Å². The minimum absolute atomic E-state index is 0.0402. The Morgan fingerprint density at radius 1 is 1.25 bits per heavy atom. The van der Waals surface area contributed by atoms with Crippen LogP contribution in [0, 0.1) is 5.92 Å². The van der Waals surface area contributed by atoms with Crippen molar-refractivity contribution in [1.29, 1.82) is 0 Å². The van der Waals surface area contributed by atoms with E-state index in [0.29, 0.717) is 31.2 Å². The molecule has 2 aromatic heterocycles. The van der Waals surface area contributed by atoms with E-state index in [0.717, 1.165) is 35.3 Å². The van der Waals surface area contributed by atoms with Crippen LogP contribution in [0.4, 0.5) is 10.6 Å². The molecule has 0 aliphatic carbocycles. The molecule has 2 aliphatic rings. The van der Waals surface area contributed by atoms with Crippen LogP contribution in [0.25, 0.3) is 11.1 Å². The third-order valence-corrected chi connectivity index (χ3v) is 7.20. The molecule has 5 rings (SSSR count). The summed E-state index contributed by atoms with van der Waals surface area (Å²) in [6.07, 6.45) is 6.82. The van der Waals surface area contributed by atoms with Gasteiger partial charge in [-0.25, -0.2) is 14.3 Å². The molecule has 9 nitrogen and oxygen atoms in total. The molecule has 0 spiro atoms. The summed E-state index contributed by atoms with van der Waals surface area (Å²) in [6, 6.07) is 9.65. The van der Waals surface area contributed by atoms with Crippen molar-refractivity contribution in [2.24, 2.45) is 5.92 Å². The molecular weight excluding hydrogens is 480 g/mol. The fourth-order valence-electron chi connectivity index (χ4n) is 4.79. The fraction of sp³-hybridized carbons (Fsp3) is 0.385. The van der Waals surface area contributed by atoms with Crippen molar-refractivity contribution in [2.45, 2.75) is 25.8 Å². The molecule has 0 radical (unpaired) electrons. The summed E-state index contributed by atoms with van der Waals surface area (Å²) < 4.78 is 6.64. The van der Waals surface area contributed by atoms with E-state index in [1.54, 1.807) is 11.2 Å². The number of fused-ring (bicyclic) bond motifs is 1. The molecule has 3 aromatic rings. The van der Waals surface area contributed by atoms with Gasteiger partial charge in [0.2, 0.25) is 5.91 Å². The Morgan fingerprint density at radius 3 is 2.69 bits per heavy atom. The van der Waals surface area contributed by atoms with Gasteiger partial charge in [0.25, 0.3) is 0 Å². The van der Waals surface area contributed by atoms with E-state index in [-0.39, 0.29) is 24.0 Å². The number of ether oxygens (including phenoxy) is 1. The molecule has 0 bridgehead atoms. The van der Waals surface area contributed by atoms with Crippen LogP contribution >= 0.6 is 11.6 Å². The molecule has 36 heavy (non-hydrogen) atoms. The molecule has 2 aliphatic heterocycles. The highest BCUT2D eigenvalue weighted by atomic mass is 35.5. The Morgan fingerprint density at radius 2 is 2.03 bits per heavy atom. The highest BCUT2D eigenvalue weighted by Gasteiger charge is 2.35. The molecule has 1 aromatic carbocycles. The SMILES string of the molecule is CC[C@H](NC(=O)C1CN(c2ncnn3cc(C4=CCN(C(=O)OC)CC4)cc23)C1)c1ccc(Cl)cc1. The lowest BCUT2D eigenvalue weighted by molar-refractivity contribution is -0.126. The van der Waals surface area contributed by atoms with Crippen LogP contribution < -0.4 is 10.2 Å². The van der Waals surface area contributed by atoms with Crippen molar-refractivity contribution in [3.05, 3.63) is 65.1 Å². The number of nitrogens with zero attached hydrogens (tertiary/aromatic N) is 5. The number of amides is 2. The van der Waals surface area contributed by atoms with Crippen LogP contribution in [0.15, 0.2) is 48.9 Å². The molecule has 1 fully saturated rings. The minimum atomic E-state index is -0.310. The summed E-state index contributed by atoms with van der Waals surface area (Å²) in [5.74, 6) is 0.774. The van der Waals surface area contributed by atoms with Crippen LogP contribution in [0.3, 0.4) is 0 Å². The van der Waals surface area contributed by atoms with Crippen molar-refractivity contribution in [1.82, 2.24) is 24.8 Å². The van der Waals surface area contributed by atoms with Crippen LogP contribution in [-0.2, 0) is 9.53 Å². The Bertz CT molecular complexity index is 1300. The maximum atomic E-state index is 12.9. The van der Waals surface area contributed by atoms with Gasteiger partial charge in [-0.2, -0.15) is 5.10 Å². The number of hydrogen-bond acceptors (Lipinski definition) is 6. The normalized spacial score (nSPS) is 16.9. The molecule has 10 heteroatoms. The van der Waals surface area contributed by atoms with E-state index >= 15 is 0 Å². The second-order valence-corrected chi connectivity index (χ2v) is 9.60. The van der Waals surface area contributed by atoms with Gasteiger partial charge in [0.05, 0.1) is 19.1 Å². The number of halogens is 1. The summed E-state index contributed by atoms with van der Waals surface area (Å²) in [6.45, 7) is 4.40. The van der Waals surface area contributed by atoms with Gasteiger partial charge in [-0.15, -0.1) is 0 Å². The lowest BCUT2D eigenvalue weighted by Crippen LogP contribution is -2.54. The molecule has 4 heterocycles. The first kappa shape index (κ1) is 24.1. The van der Waals surface area contributed by atoms with Gasteiger partial charge in [0, 0.05) is 37.4 Å². The number of carbonyl (C=O) groups excluding carboxylic acids is 2. The zero-order valence-electron chi connectivity index (χ0n) is 20.4. The van der Waals surface area contributed by atoms with Crippen molar-refractivity contribution in [3.8, 4) is 0 Å². The molecule has 2 amide bonds. The first-order valence-electron chi connectivity index (χ1n) is 12.1. The average Bonchev–Trinajstić information content (AvgIpc) is 3.32. The maximum Gasteiger partial charge on any atom is 0.409 e. The maximum absolute atomic E-state index is 12.9. The summed E-state index contributed by atoms with van der Waals surface area (Å²) in [5, 5.41) is 8.25. The second kappa shape index (κ2) is 10.2. The number of benzene rings is 1. The quantitative estimate of drug-likeness (QED) is 0.542. The molecule has 0 saturated carbocycles. The number of rotatable bonds is 6. The van der Waals surface area contributed by atoms with Crippen LogP contribution in [0.2, 0.25) is 5.02 Å². The van der Waals surface area contributed by atoms with E-state index in [1.807, 2.05) is 35.0 Å². The molecule has 1 N–H and O–H groups in total. The topological polar surface area (TPSA) is 92.1 Å². The van der Waals surface area contributed by atoms with E-state index in [2.05, 4.69) is 39.4 Å². The Balaban J connectivity index is 1.25. The number of methoxy groups -OCH3 is 1. The van der Waals surface area contributed by atoms with Crippen molar-refractivity contribution < 1.29 is 14.3 Å². The van der Waals surface area contributed by atoms with E-state index in [1.165, 1.54) is 12.7 Å². The smallest absolute Gasteiger partial charge is 0.409 e.